The third kappa shape index (κ3) is 5.28. The Labute approximate surface area is 110 Å². The van der Waals surface area contributed by atoms with Gasteiger partial charge >= 0.3 is 0 Å². The summed E-state index contributed by atoms with van der Waals surface area (Å²) in [4.78, 5) is 15.7. The summed E-state index contributed by atoms with van der Waals surface area (Å²) >= 11 is 3.32. The number of aryl methyl sites for hydroxylation is 1. The first-order chi connectivity index (χ1) is 7.99. The SMILES string of the molecule is Cc1cc(NC(=O)CCCC(C)N)cnc1Br. The van der Waals surface area contributed by atoms with Crippen molar-refractivity contribution >= 4 is 27.5 Å². The van der Waals surface area contributed by atoms with Crippen LogP contribution < -0.4 is 11.1 Å². The topological polar surface area (TPSA) is 68.0 Å². The molecule has 1 amide bonds. The van der Waals surface area contributed by atoms with Crippen molar-refractivity contribution in [1.29, 1.82) is 0 Å². The Kier molecular flexibility index (Phi) is 5.58. The highest BCUT2D eigenvalue weighted by atomic mass is 79.9. The first kappa shape index (κ1) is 14.1. The zero-order valence-electron chi connectivity index (χ0n) is 10.2. The average molecular weight is 300 g/mol. The van der Waals surface area contributed by atoms with Gasteiger partial charge in [-0.25, -0.2) is 4.98 Å². The van der Waals surface area contributed by atoms with E-state index in [0.717, 1.165) is 28.7 Å². The number of rotatable bonds is 5. The van der Waals surface area contributed by atoms with Crippen LogP contribution in [0.25, 0.3) is 0 Å². The van der Waals surface area contributed by atoms with Crippen LogP contribution in [0.3, 0.4) is 0 Å². The first-order valence-electron chi connectivity index (χ1n) is 5.66. The third-order valence-electron chi connectivity index (χ3n) is 2.36. The van der Waals surface area contributed by atoms with Gasteiger partial charge in [0, 0.05) is 12.5 Å². The minimum Gasteiger partial charge on any atom is -0.328 e. The van der Waals surface area contributed by atoms with Gasteiger partial charge in [-0.3, -0.25) is 4.79 Å². The second-order valence-electron chi connectivity index (χ2n) is 4.25. The van der Waals surface area contributed by atoms with Gasteiger partial charge in [-0.05, 0) is 54.2 Å². The fraction of sp³-hybridized carbons (Fsp3) is 0.500. The molecule has 0 fully saturated rings. The molecular weight excluding hydrogens is 282 g/mol. The zero-order valence-corrected chi connectivity index (χ0v) is 11.8. The van der Waals surface area contributed by atoms with Gasteiger partial charge in [0.1, 0.15) is 4.60 Å². The van der Waals surface area contributed by atoms with Crippen molar-refractivity contribution in [3.05, 3.63) is 22.4 Å². The van der Waals surface area contributed by atoms with Crippen LogP contribution in [0.1, 0.15) is 31.7 Å². The molecule has 0 radical (unpaired) electrons. The Morgan fingerprint density at radius 3 is 2.94 bits per heavy atom. The summed E-state index contributed by atoms with van der Waals surface area (Å²) in [5.41, 5.74) is 7.35. The monoisotopic (exact) mass is 299 g/mol. The second kappa shape index (κ2) is 6.71. The summed E-state index contributed by atoms with van der Waals surface area (Å²) < 4.78 is 0.799. The van der Waals surface area contributed by atoms with Gasteiger partial charge in [-0.1, -0.05) is 0 Å². The maximum absolute atomic E-state index is 11.6. The predicted octanol–water partition coefficient (Wildman–Crippen LogP) is 2.61. The Hall–Kier alpha value is -0.940. The van der Waals surface area contributed by atoms with Gasteiger partial charge in [0.05, 0.1) is 11.9 Å². The molecule has 1 atom stereocenters. The van der Waals surface area contributed by atoms with Crippen LogP contribution in [0.4, 0.5) is 5.69 Å². The Morgan fingerprint density at radius 1 is 1.65 bits per heavy atom. The molecule has 3 N–H and O–H groups in total. The average Bonchev–Trinajstić information content (AvgIpc) is 2.23. The van der Waals surface area contributed by atoms with Gasteiger partial charge in [-0.2, -0.15) is 0 Å². The molecule has 1 unspecified atom stereocenters. The van der Waals surface area contributed by atoms with E-state index in [1.165, 1.54) is 0 Å². The summed E-state index contributed by atoms with van der Waals surface area (Å²) in [6.07, 6.45) is 3.81. The molecule has 1 heterocycles. The van der Waals surface area contributed by atoms with E-state index in [1.54, 1.807) is 6.20 Å². The lowest BCUT2D eigenvalue weighted by Gasteiger charge is -2.07. The van der Waals surface area contributed by atoms with Crippen molar-refractivity contribution in [2.75, 3.05) is 5.32 Å². The number of amides is 1. The van der Waals surface area contributed by atoms with Crippen molar-refractivity contribution in [3.8, 4) is 0 Å². The van der Waals surface area contributed by atoms with Crippen molar-refractivity contribution < 1.29 is 4.79 Å². The molecule has 1 rings (SSSR count). The van der Waals surface area contributed by atoms with Gasteiger partial charge in [-0.15, -0.1) is 0 Å². The Balaban J connectivity index is 2.42. The van der Waals surface area contributed by atoms with E-state index in [0.29, 0.717) is 6.42 Å². The highest BCUT2D eigenvalue weighted by Crippen LogP contribution is 2.17. The van der Waals surface area contributed by atoms with E-state index >= 15 is 0 Å². The summed E-state index contributed by atoms with van der Waals surface area (Å²) in [7, 11) is 0. The first-order valence-corrected chi connectivity index (χ1v) is 6.46. The molecule has 0 saturated heterocycles. The number of aromatic nitrogens is 1. The molecule has 4 nitrogen and oxygen atoms in total. The van der Waals surface area contributed by atoms with E-state index in [9.17, 15) is 4.79 Å². The smallest absolute Gasteiger partial charge is 0.224 e. The van der Waals surface area contributed by atoms with Crippen molar-refractivity contribution in [1.82, 2.24) is 4.98 Å². The van der Waals surface area contributed by atoms with Crippen LogP contribution >= 0.6 is 15.9 Å². The summed E-state index contributed by atoms with van der Waals surface area (Å²) in [5, 5.41) is 2.82. The van der Waals surface area contributed by atoms with Crippen LogP contribution in [-0.2, 0) is 4.79 Å². The highest BCUT2D eigenvalue weighted by Gasteiger charge is 2.05. The van der Waals surface area contributed by atoms with Gasteiger partial charge in [0.15, 0.2) is 0 Å². The number of hydrogen-bond donors (Lipinski definition) is 2. The largest absolute Gasteiger partial charge is 0.328 e. The van der Waals surface area contributed by atoms with Crippen LogP contribution in [-0.4, -0.2) is 16.9 Å². The molecule has 0 aliphatic rings. The van der Waals surface area contributed by atoms with E-state index in [2.05, 4.69) is 26.2 Å². The zero-order chi connectivity index (χ0) is 12.8. The van der Waals surface area contributed by atoms with Crippen LogP contribution in [0.15, 0.2) is 16.9 Å². The second-order valence-corrected chi connectivity index (χ2v) is 5.00. The molecule has 0 aliphatic carbocycles. The quantitative estimate of drug-likeness (QED) is 0.821. The number of nitrogens with one attached hydrogen (secondary N) is 1. The summed E-state index contributed by atoms with van der Waals surface area (Å²) in [5.74, 6) is 0.00849. The lowest BCUT2D eigenvalue weighted by Crippen LogP contribution is -2.16. The third-order valence-corrected chi connectivity index (χ3v) is 3.19. The molecule has 1 aromatic rings. The fourth-order valence-corrected chi connectivity index (χ4v) is 1.65. The summed E-state index contributed by atoms with van der Waals surface area (Å²) in [6, 6.07) is 2.04. The number of carbonyl (C=O) groups excluding carboxylic acids is 1. The van der Waals surface area contributed by atoms with Crippen LogP contribution in [0.5, 0.6) is 0 Å². The normalized spacial score (nSPS) is 12.2. The molecule has 0 spiro atoms. The Bertz CT molecular complexity index is 393. The lowest BCUT2D eigenvalue weighted by molar-refractivity contribution is -0.116. The summed E-state index contributed by atoms with van der Waals surface area (Å²) in [6.45, 7) is 3.88. The molecule has 5 heteroatoms. The van der Waals surface area contributed by atoms with Gasteiger partial charge in [0.25, 0.3) is 0 Å². The van der Waals surface area contributed by atoms with Gasteiger partial charge in [0.2, 0.25) is 5.91 Å². The predicted molar refractivity (Wildman–Crippen MR) is 72.8 cm³/mol. The van der Waals surface area contributed by atoms with Gasteiger partial charge < -0.3 is 11.1 Å². The molecule has 94 valence electrons. The minimum atomic E-state index is 0.00849. The van der Waals surface area contributed by atoms with Crippen LogP contribution in [0.2, 0.25) is 0 Å². The maximum atomic E-state index is 11.6. The number of hydrogen-bond acceptors (Lipinski definition) is 3. The van der Waals surface area contributed by atoms with E-state index < -0.39 is 0 Å². The van der Waals surface area contributed by atoms with E-state index in [4.69, 9.17) is 5.73 Å². The number of nitrogens with zero attached hydrogens (tertiary/aromatic N) is 1. The maximum Gasteiger partial charge on any atom is 0.224 e. The lowest BCUT2D eigenvalue weighted by atomic mass is 10.1. The van der Waals surface area contributed by atoms with Crippen molar-refractivity contribution in [3.63, 3.8) is 0 Å². The van der Waals surface area contributed by atoms with Crippen molar-refractivity contribution in [2.24, 2.45) is 5.73 Å². The number of nitrogens with two attached hydrogens (primary N) is 1. The van der Waals surface area contributed by atoms with E-state index in [-0.39, 0.29) is 11.9 Å². The highest BCUT2D eigenvalue weighted by molar-refractivity contribution is 9.10. The van der Waals surface area contributed by atoms with Crippen molar-refractivity contribution in [2.45, 2.75) is 39.2 Å². The fourth-order valence-electron chi connectivity index (χ4n) is 1.43. The molecule has 17 heavy (non-hydrogen) atoms. The molecule has 0 aliphatic heterocycles. The number of pyridine rings is 1. The number of carbonyl (C=O) groups is 1. The molecule has 0 aromatic carbocycles. The molecule has 0 saturated carbocycles. The minimum absolute atomic E-state index is 0.00849. The molecular formula is C12H18BrN3O. The molecule has 0 bridgehead atoms. The van der Waals surface area contributed by atoms with E-state index in [1.807, 2.05) is 19.9 Å². The Morgan fingerprint density at radius 2 is 2.35 bits per heavy atom. The standard InChI is InChI=1S/C12H18BrN3O/c1-8-6-10(7-15-12(8)13)16-11(17)5-3-4-9(2)14/h6-7,9H,3-5,14H2,1-2H3,(H,16,17). The van der Waals surface area contributed by atoms with Crippen LogP contribution in [0, 0.1) is 6.92 Å². The number of anilines is 1. The number of halogens is 1. The molecule has 1 aromatic heterocycles.